The van der Waals surface area contributed by atoms with Gasteiger partial charge < -0.3 is 15.0 Å². The molecule has 0 radical (unpaired) electrons. The zero-order valence-corrected chi connectivity index (χ0v) is 17.2. The van der Waals surface area contributed by atoms with Crippen LogP contribution in [0.5, 0.6) is 0 Å². The Morgan fingerprint density at radius 2 is 2.04 bits per heavy atom. The number of nitrogens with zero attached hydrogens (tertiary/aromatic N) is 2. The van der Waals surface area contributed by atoms with Crippen molar-refractivity contribution in [1.29, 1.82) is 0 Å². The number of ether oxygens (including phenoxy) is 1. The second-order valence-electron chi connectivity index (χ2n) is 7.07. The third-order valence-corrected chi connectivity index (χ3v) is 5.47. The van der Waals surface area contributed by atoms with Gasteiger partial charge in [-0.15, -0.1) is 11.3 Å². The van der Waals surface area contributed by atoms with E-state index in [0.717, 1.165) is 56.7 Å². The highest BCUT2D eigenvalue weighted by atomic mass is 79.9. The smallest absolute Gasteiger partial charge is 0.410 e. The fraction of sp³-hybridized carbons (Fsp3) is 0.706. The SMILES string of the molecule is CC(C)(C)OC(=O)N1CCN(CCCNCc2cc(Br)cs2)CC1. The number of carbonyl (C=O) groups excluding carboxylic acids is 1. The van der Waals surface area contributed by atoms with Crippen LogP contribution in [0.25, 0.3) is 0 Å². The number of rotatable bonds is 6. The molecular formula is C17H28BrN3O2S. The first-order valence-corrected chi connectivity index (χ1v) is 10.1. The Bertz CT molecular complexity index is 522. The van der Waals surface area contributed by atoms with Gasteiger partial charge in [0.2, 0.25) is 0 Å². The molecule has 0 atom stereocenters. The van der Waals surface area contributed by atoms with Crippen molar-refractivity contribution in [1.82, 2.24) is 15.1 Å². The van der Waals surface area contributed by atoms with E-state index in [1.165, 1.54) is 4.88 Å². The molecule has 1 saturated heterocycles. The van der Waals surface area contributed by atoms with Crippen LogP contribution in [0.15, 0.2) is 15.9 Å². The third-order valence-electron chi connectivity index (χ3n) is 3.77. The van der Waals surface area contributed by atoms with Crippen molar-refractivity contribution in [3.63, 3.8) is 0 Å². The highest BCUT2D eigenvalue weighted by molar-refractivity contribution is 9.10. The summed E-state index contributed by atoms with van der Waals surface area (Å²) in [4.78, 5) is 17.6. The molecule has 1 fully saturated rings. The molecule has 1 aromatic heterocycles. The van der Waals surface area contributed by atoms with Gasteiger partial charge in [-0.25, -0.2) is 4.79 Å². The van der Waals surface area contributed by atoms with E-state index in [9.17, 15) is 4.79 Å². The summed E-state index contributed by atoms with van der Waals surface area (Å²) in [6.45, 7) is 12.1. The Labute approximate surface area is 157 Å². The van der Waals surface area contributed by atoms with Crippen molar-refractivity contribution in [3.05, 3.63) is 20.8 Å². The average Bonchev–Trinajstić information content (AvgIpc) is 2.91. The minimum Gasteiger partial charge on any atom is -0.444 e. The highest BCUT2D eigenvalue weighted by Crippen LogP contribution is 2.19. The summed E-state index contributed by atoms with van der Waals surface area (Å²) in [7, 11) is 0. The maximum Gasteiger partial charge on any atom is 0.410 e. The molecule has 2 rings (SSSR count). The Morgan fingerprint density at radius 3 is 2.62 bits per heavy atom. The van der Waals surface area contributed by atoms with Gasteiger partial charge in [0.05, 0.1) is 0 Å². The van der Waals surface area contributed by atoms with Crippen LogP contribution in [0.4, 0.5) is 4.79 Å². The van der Waals surface area contributed by atoms with E-state index >= 15 is 0 Å². The number of amides is 1. The van der Waals surface area contributed by atoms with E-state index in [0.29, 0.717) is 0 Å². The van der Waals surface area contributed by atoms with Gasteiger partial charge >= 0.3 is 6.09 Å². The van der Waals surface area contributed by atoms with E-state index in [1.807, 2.05) is 25.7 Å². The van der Waals surface area contributed by atoms with E-state index in [1.54, 1.807) is 11.3 Å². The Morgan fingerprint density at radius 1 is 1.33 bits per heavy atom. The van der Waals surface area contributed by atoms with Crippen molar-refractivity contribution < 1.29 is 9.53 Å². The summed E-state index contributed by atoms with van der Waals surface area (Å²) in [5.41, 5.74) is -0.419. The molecule has 0 unspecified atom stereocenters. The Kier molecular flexibility index (Phi) is 7.53. The number of hydrogen-bond acceptors (Lipinski definition) is 5. The number of carbonyl (C=O) groups is 1. The molecule has 24 heavy (non-hydrogen) atoms. The van der Waals surface area contributed by atoms with Crippen LogP contribution in [0.1, 0.15) is 32.1 Å². The van der Waals surface area contributed by atoms with Gasteiger partial charge in [-0.1, -0.05) is 0 Å². The van der Waals surface area contributed by atoms with Gasteiger partial charge in [0, 0.05) is 47.5 Å². The van der Waals surface area contributed by atoms with Gasteiger partial charge in [0.25, 0.3) is 0 Å². The topological polar surface area (TPSA) is 44.8 Å². The highest BCUT2D eigenvalue weighted by Gasteiger charge is 2.25. The lowest BCUT2D eigenvalue weighted by Gasteiger charge is -2.35. The molecule has 1 amide bonds. The van der Waals surface area contributed by atoms with Crippen molar-refractivity contribution in [2.24, 2.45) is 0 Å². The predicted molar refractivity (Wildman–Crippen MR) is 103 cm³/mol. The van der Waals surface area contributed by atoms with Crippen molar-refractivity contribution in [3.8, 4) is 0 Å². The predicted octanol–water partition coefficient (Wildman–Crippen LogP) is 3.54. The molecule has 1 aliphatic rings. The van der Waals surface area contributed by atoms with Crippen LogP contribution in [-0.4, -0.2) is 60.8 Å². The molecular weight excluding hydrogens is 390 g/mol. The fourth-order valence-corrected chi connectivity index (χ4v) is 3.99. The van der Waals surface area contributed by atoms with Gasteiger partial charge in [0.15, 0.2) is 0 Å². The largest absolute Gasteiger partial charge is 0.444 e. The van der Waals surface area contributed by atoms with Crippen molar-refractivity contribution >= 4 is 33.4 Å². The van der Waals surface area contributed by atoms with Crippen LogP contribution < -0.4 is 5.32 Å². The lowest BCUT2D eigenvalue weighted by Crippen LogP contribution is -2.50. The number of halogens is 1. The molecule has 0 bridgehead atoms. The Hall–Kier alpha value is -0.630. The maximum absolute atomic E-state index is 12.0. The summed E-state index contributed by atoms with van der Waals surface area (Å²) in [5.74, 6) is 0. The number of thiophene rings is 1. The summed E-state index contributed by atoms with van der Waals surface area (Å²) < 4.78 is 6.58. The van der Waals surface area contributed by atoms with E-state index in [2.05, 4.69) is 37.6 Å². The zero-order chi connectivity index (χ0) is 17.6. The molecule has 0 aromatic carbocycles. The molecule has 1 N–H and O–H groups in total. The maximum atomic E-state index is 12.0. The number of nitrogens with one attached hydrogen (secondary N) is 1. The molecule has 2 heterocycles. The molecule has 0 aliphatic carbocycles. The standard InChI is InChI=1S/C17H28BrN3O2S/c1-17(2,3)23-16(22)21-9-7-20(8-10-21)6-4-5-19-12-15-11-14(18)13-24-15/h11,13,19H,4-10,12H2,1-3H3. The normalized spacial score (nSPS) is 16.4. The van der Waals surface area contributed by atoms with Crippen molar-refractivity contribution in [2.75, 3.05) is 39.3 Å². The van der Waals surface area contributed by atoms with E-state index in [4.69, 9.17) is 4.74 Å². The van der Waals surface area contributed by atoms with Gasteiger partial charge in [0.1, 0.15) is 5.60 Å². The van der Waals surface area contributed by atoms with Crippen LogP contribution in [0.2, 0.25) is 0 Å². The molecule has 0 saturated carbocycles. The van der Waals surface area contributed by atoms with Crippen molar-refractivity contribution in [2.45, 2.75) is 39.3 Å². The molecule has 0 spiro atoms. The first kappa shape index (κ1) is 19.7. The summed E-state index contributed by atoms with van der Waals surface area (Å²) >= 11 is 5.25. The molecule has 5 nitrogen and oxygen atoms in total. The number of hydrogen-bond donors (Lipinski definition) is 1. The Balaban J connectivity index is 1.55. The van der Waals surface area contributed by atoms with Gasteiger partial charge in [-0.3, -0.25) is 4.90 Å². The van der Waals surface area contributed by atoms with Gasteiger partial charge in [-0.2, -0.15) is 0 Å². The summed E-state index contributed by atoms with van der Waals surface area (Å²) in [5, 5.41) is 5.60. The summed E-state index contributed by atoms with van der Waals surface area (Å²) in [6.07, 6.45) is 0.935. The minimum absolute atomic E-state index is 0.189. The quantitative estimate of drug-likeness (QED) is 0.718. The molecule has 136 valence electrons. The second-order valence-corrected chi connectivity index (χ2v) is 8.98. The minimum atomic E-state index is -0.419. The molecule has 1 aliphatic heterocycles. The second kappa shape index (κ2) is 9.17. The van der Waals surface area contributed by atoms with E-state index in [-0.39, 0.29) is 6.09 Å². The van der Waals surface area contributed by atoms with E-state index < -0.39 is 5.60 Å². The van der Waals surface area contributed by atoms with Crippen LogP contribution in [0, 0.1) is 0 Å². The lowest BCUT2D eigenvalue weighted by atomic mass is 10.2. The first-order chi connectivity index (χ1) is 11.3. The van der Waals surface area contributed by atoms with Crippen LogP contribution >= 0.6 is 27.3 Å². The third kappa shape index (κ3) is 7.09. The van der Waals surface area contributed by atoms with Crippen LogP contribution in [-0.2, 0) is 11.3 Å². The monoisotopic (exact) mass is 417 g/mol. The molecule has 1 aromatic rings. The fourth-order valence-electron chi connectivity index (χ4n) is 2.57. The number of piperazine rings is 1. The van der Waals surface area contributed by atoms with Gasteiger partial charge in [-0.05, 0) is 62.3 Å². The average molecular weight is 418 g/mol. The summed E-state index contributed by atoms with van der Waals surface area (Å²) in [6, 6.07) is 2.16. The molecule has 7 heteroatoms. The van der Waals surface area contributed by atoms with Crippen LogP contribution in [0.3, 0.4) is 0 Å². The zero-order valence-electron chi connectivity index (χ0n) is 14.8. The lowest BCUT2D eigenvalue weighted by molar-refractivity contribution is 0.0144. The first-order valence-electron chi connectivity index (χ1n) is 8.47.